The third kappa shape index (κ3) is 3.19. The van der Waals surface area contributed by atoms with Gasteiger partial charge in [0.2, 0.25) is 0 Å². The average Bonchev–Trinajstić information content (AvgIpc) is 2.86. The monoisotopic (exact) mass is 267 g/mol. The molecule has 0 bridgehead atoms. The molecule has 100 valence electrons. The molecule has 0 amide bonds. The average molecular weight is 267 g/mol. The van der Waals surface area contributed by atoms with E-state index in [1.807, 2.05) is 25.1 Å². The van der Waals surface area contributed by atoms with Crippen molar-refractivity contribution in [2.75, 3.05) is 19.0 Å². The van der Waals surface area contributed by atoms with E-state index >= 15 is 0 Å². The fourth-order valence-electron chi connectivity index (χ4n) is 2.15. The molecule has 0 radical (unpaired) electrons. The molecule has 1 aromatic carbocycles. The van der Waals surface area contributed by atoms with Crippen molar-refractivity contribution in [1.82, 2.24) is 0 Å². The van der Waals surface area contributed by atoms with Gasteiger partial charge >= 0.3 is 0 Å². The van der Waals surface area contributed by atoms with E-state index in [9.17, 15) is 4.21 Å². The van der Waals surface area contributed by atoms with Crippen LogP contribution in [0.5, 0.6) is 0 Å². The summed E-state index contributed by atoms with van der Waals surface area (Å²) in [4.78, 5) is 0.882. The molecule has 3 atom stereocenters. The molecule has 2 N–H and O–H groups in total. The van der Waals surface area contributed by atoms with Gasteiger partial charge in [0.05, 0.1) is 17.4 Å². The quantitative estimate of drug-likeness (QED) is 0.904. The van der Waals surface area contributed by atoms with Crippen LogP contribution in [0.4, 0.5) is 0 Å². The normalized spacial score (nSPS) is 22.9. The summed E-state index contributed by atoms with van der Waals surface area (Å²) in [6.45, 7) is 5.60. The zero-order chi connectivity index (χ0) is 13.1. The Morgan fingerprint density at radius 1 is 1.44 bits per heavy atom. The largest absolute Gasteiger partial charge is 0.381 e. The van der Waals surface area contributed by atoms with E-state index < -0.39 is 10.8 Å². The third-order valence-electron chi connectivity index (χ3n) is 3.66. The topological polar surface area (TPSA) is 52.3 Å². The first-order valence-electron chi connectivity index (χ1n) is 6.37. The number of hydrogen-bond acceptors (Lipinski definition) is 3. The van der Waals surface area contributed by atoms with Crippen molar-refractivity contribution >= 4 is 10.8 Å². The summed E-state index contributed by atoms with van der Waals surface area (Å²) in [5, 5.41) is 0. The van der Waals surface area contributed by atoms with Crippen molar-refractivity contribution in [1.29, 1.82) is 0 Å². The minimum Gasteiger partial charge on any atom is -0.381 e. The first-order chi connectivity index (χ1) is 8.58. The van der Waals surface area contributed by atoms with Gasteiger partial charge in [0.15, 0.2) is 0 Å². The number of nitrogens with two attached hydrogens (primary N) is 1. The Hall–Kier alpha value is -0.710. The first-order valence-corrected chi connectivity index (χ1v) is 7.69. The highest BCUT2D eigenvalue weighted by atomic mass is 32.2. The maximum atomic E-state index is 12.3. The standard InChI is InChI=1S/C14H21NO2S/c1-10-3-4-13(7-11(10)2)18(16)9-14(15)12-5-6-17-8-12/h3-4,7,12,14H,5-6,8-9,15H2,1-2H3. The molecule has 1 aromatic rings. The zero-order valence-corrected chi connectivity index (χ0v) is 11.8. The molecule has 3 unspecified atom stereocenters. The lowest BCUT2D eigenvalue weighted by Crippen LogP contribution is -2.35. The number of benzene rings is 1. The second-order valence-corrected chi connectivity index (χ2v) is 6.54. The summed E-state index contributed by atoms with van der Waals surface area (Å²) >= 11 is 0. The van der Waals surface area contributed by atoms with Gasteiger partial charge < -0.3 is 10.5 Å². The summed E-state index contributed by atoms with van der Waals surface area (Å²) in [5.74, 6) is 0.886. The van der Waals surface area contributed by atoms with Crippen LogP contribution in [0.2, 0.25) is 0 Å². The summed E-state index contributed by atoms with van der Waals surface area (Å²) in [6.07, 6.45) is 0.991. The van der Waals surface area contributed by atoms with E-state index in [1.54, 1.807) is 0 Å². The zero-order valence-electron chi connectivity index (χ0n) is 11.0. The Balaban J connectivity index is 2.00. The van der Waals surface area contributed by atoms with Gasteiger partial charge in [-0.05, 0) is 43.5 Å². The molecule has 1 aliphatic rings. The maximum absolute atomic E-state index is 12.3. The van der Waals surface area contributed by atoms with Crippen LogP contribution < -0.4 is 5.73 Å². The van der Waals surface area contributed by atoms with Gasteiger partial charge in [-0.2, -0.15) is 0 Å². The van der Waals surface area contributed by atoms with Gasteiger partial charge in [0, 0.05) is 29.2 Å². The number of hydrogen-bond donors (Lipinski definition) is 1. The van der Waals surface area contributed by atoms with Crippen molar-refractivity contribution in [3.8, 4) is 0 Å². The van der Waals surface area contributed by atoms with Gasteiger partial charge in [-0.15, -0.1) is 0 Å². The van der Waals surface area contributed by atoms with Gasteiger partial charge in [-0.25, -0.2) is 0 Å². The molecule has 4 heteroatoms. The molecule has 3 nitrogen and oxygen atoms in total. The summed E-state index contributed by atoms with van der Waals surface area (Å²) in [6, 6.07) is 5.93. The van der Waals surface area contributed by atoms with Crippen LogP contribution in [0.1, 0.15) is 17.5 Å². The highest BCUT2D eigenvalue weighted by Crippen LogP contribution is 2.19. The van der Waals surface area contributed by atoms with Crippen LogP contribution in [0, 0.1) is 19.8 Å². The van der Waals surface area contributed by atoms with E-state index in [1.165, 1.54) is 11.1 Å². The molecule has 1 heterocycles. The summed E-state index contributed by atoms with van der Waals surface area (Å²) < 4.78 is 17.6. The second kappa shape index (κ2) is 5.95. The van der Waals surface area contributed by atoms with Crippen molar-refractivity contribution in [2.45, 2.75) is 31.2 Å². The Morgan fingerprint density at radius 3 is 2.83 bits per heavy atom. The Bertz CT molecular complexity index is 441. The van der Waals surface area contributed by atoms with Crippen LogP contribution in [-0.4, -0.2) is 29.2 Å². The lowest BCUT2D eigenvalue weighted by molar-refractivity contribution is 0.182. The van der Waals surface area contributed by atoms with Crippen molar-refractivity contribution in [3.05, 3.63) is 29.3 Å². The third-order valence-corrected chi connectivity index (χ3v) is 5.12. The van der Waals surface area contributed by atoms with E-state index in [0.717, 1.165) is 17.9 Å². The fourth-order valence-corrected chi connectivity index (χ4v) is 3.50. The van der Waals surface area contributed by atoms with Gasteiger partial charge in [0.1, 0.15) is 0 Å². The van der Waals surface area contributed by atoms with Crippen LogP contribution in [-0.2, 0) is 15.5 Å². The molecule has 0 spiro atoms. The highest BCUT2D eigenvalue weighted by molar-refractivity contribution is 7.85. The van der Waals surface area contributed by atoms with Gasteiger partial charge in [-0.1, -0.05) is 6.07 Å². The summed E-state index contributed by atoms with van der Waals surface area (Å²) in [5.41, 5.74) is 8.52. The molecule has 0 aliphatic carbocycles. The van der Waals surface area contributed by atoms with Gasteiger partial charge in [0.25, 0.3) is 0 Å². The molecule has 18 heavy (non-hydrogen) atoms. The Labute approximate surface area is 111 Å². The van der Waals surface area contributed by atoms with Crippen molar-refractivity contribution in [2.24, 2.45) is 11.7 Å². The van der Waals surface area contributed by atoms with E-state index in [2.05, 4.69) is 6.92 Å². The first kappa shape index (κ1) is 13.7. The minimum atomic E-state index is -1.01. The number of rotatable bonds is 4. The van der Waals surface area contributed by atoms with E-state index in [-0.39, 0.29) is 6.04 Å². The lowest BCUT2D eigenvalue weighted by atomic mass is 10.0. The van der Waals surface area contributed by atoms with E-state index in [0.29, 0.717) is 18.3 Å². The molecular weight excluding hydrogens is 246 g/mol. The van der Waals surface area contributed by atoms with Crippen LogP contribution in [0.25, 0.3) is 0 Å². The van der Waals surface area contributed by atoms with Gasteiger partial charge in [-0.3, -0.25) is 4.21 Å². The number of ether oxygens (including phenoxy) is 1. The molecule has 0 aromatic heterocycles. The number of aryl methyl sites for hydroxylation is 2. The molecule has 1 saturated heterocycles. The van der Waals surface area contributed by atoms with E-state index in [4.69, 9.17) is 10.5 Å². The molecule has 1 fully saturated rings. The molecule has 2 rings (SSSR count). The predicted molar refractivity (Wildman–Crippen MR) is 74.1 cm³/mol. The Morgan fingerprint density at radius 2 is 2.22 bits per heavy atom. The SMILES string of the molecule is Cc1ccc(S(=O)CC(N)C2CCOC2)cc1C. The Kier molecular flexibility index (Phi) is 4.54. The van der Waals surface area contributed by atoms with Crippen LogP contribution in [0.15, 0.2) is 23.1 Å². The molecule has 0 saturated carbocycles. The second-order valence-electron chi connectivity index (χ2n) is 5.05. The summed E-state index contributed by atoms with van der Waals surface area (Å²) in [7, 11) is -1.01. The van der Waals surface area contributed by atoms with Crippen LogP contribution in [0.3, 0.4) is 0 Å². The van der Waals surface area contributed by atoms with Crippen molar-refractivity contribution < 1.29 is 8.95 Å². The minimum absolute atomic E-state index is 0.0325. The highest BCUT2D eigenvalue weighted by Gasteiger charge is 2.24. The molecule has 1 aliphatic heterocycles. The predicted octanol–water partition coefficient (Wildman–Crippen LogP) is 1.77. The maximum Gasteiger partial charge on any atom is 0.0545 e. The van der Waals surface area contributed by atoms with Crippen LogP contribution >= 0.6 is 0 Å². The van der Waals surface area contributed by atoms with Crippen molar-refractivity contribution in [3.63, 3.8) is 0 Å². The smallest absolute Gasteiger partial charge is 0.0545 e. The lowest BCUT2D eigenvalue weighted by Gasteiger charge is -2.17. The molecular formula is C14H21NO2S. The fraction of sp³-hybridized carbons (Fsp3) is 0.571.